The molecule has 0 spiro atoms. The zero-order chi connectivity index (χ0) is 41.9. The molecular formula is C46H73O10P. The van der Waals surface area contributed by atoms with Crippen molar-refractivity contribution < 1.29 is 47.8 Å². The number of esters is 2. The fourth-order valence-corrected chi connectivity index (χ4v) is 5.52. The van der Waals surface area contributed by atoms with Crippen molar-refractivity contribution in [3.8, 4) is 0 Å². The van der Waals surface area contributed by atoms with Crippen LogP contribution in [0.1, 0.15) is 129 Å². The highest BCUT2D eigenvalue weighted by molar-refractivity contribution is 7.47. The summed E-state index contributed by atoms with van der Waals surface area (Å²) >= 11 is 0. The largest absolute Gasteiger partial charge is 0.472 e. The Bertz CT molecular complexity index is 1310. The van der Waals surface area contributed by atoms with Crippen molar-refractivity contribution in [3.05, 3.63) is 109 Å². The van der Waals surface area contributed by atoms with Gasteiger partial charge in [-0.15, -0.1) is 0 Å². The highest BCUT2D eigenvalue weighted by Gasteiger charge is 2.27. The minimum atomic E-state index is -4.65. The Hall–Kier alpha value is -3.37. The number of carbonyl (C=O) groups excluding carboxylic acids is 2. The summed E-state index contributed by atoms with van der Waals surface area (Å²) < 4.78 is 32.5. The van der Waals surface area contributed by atoms with Gasteiger partial charge in [-0.2, -0.15) is 0 Å². The number of unbranched alkanes of at least 4 members (excludes halogenated alkanes) is 5. The van der Waals surface area contributed by atoms with Crippen LogP contribution in [0.3, 0.4) is 0 Å². The van der Waals surface area contributed by atoms with Crippen molar-refractivity contribution in [1.82, 2.24) is 0 Å². The summed E-state index contributed by atoms with van der Waals surface area (Å²) in [4.78, 5) is 34.9. The molecule has 57 heavy (non-hydrogen) atoms. The molecule has 0 aliphatic carbocycles. The van der Waals surface area contributed by atoms with Crippen molar-refractivity contribution in [3.63, 3.8) is 0 Å². The zero-order valence-corrected chi connectivity index (χ0v) is 35.6. The van der Waals surface area contributed by atoms with Crippen LogP contribution >= 0.6 is 7.82 Å². The average molecular weight is 817 g/mol. The van der Waals surface area contributed by atoms with Gasteiger partial charge in [-0.1, -0.05) is 136 Å². The first-order valence-electron chi connectivity index (χ1n) is 20.8. The van der Waals surface area contributed by atoms with Gasteiger partial charge in [0.2, 0.25) is 0 Å². The first-order valence-corrected chi connectivity index (χ1v) is 22.3. The molecule has 1 unspecified atom stereocenters. The Kier molecular flexibility index (Phi) is 38.4. The second kappa shape index (κ2) is 40.8. The predicted molar refractivity (Wildman–Crippen MR) is 232 cm³/mol. The molecule has 11 heteroatoms. The first kappa shape index (κ1) is 53.6. The minimum Gasteiger partial charge on any atom is -0.462 e. The molecule has 322 valence electrons. The van der Waals surface area contributed by atoms with Crippen molar-refractivity contribution in [2.24, 2.45) is 0 Å². The van der Waals surface area contributed by atoms with E-state index in [1.165, 1.54) is 19.3 Å². The van der Waals surface area contributed by atoms with Crippen molar-refractivity contribution in [2.45, 2.75) is 142 Å². The summed E-state index contributed by atoms with van der Waals surface area (Å²) in [5.41, 5.74) is 0. The minimum absolute atomic E-state index is 0.0437. The van der Waals surface area contributed by atoms with Crippen LogP contribution in [0.15, 0.2) is 109 Å². The zero-order valence-electron chi connectivity index (χ0n) is 34.7. The van der Waals surface area contributed by atoms with Gasteiger partial charge in [0.25, 0.3) is 0 Å². The van der Waals surface area contributed by atoms with Gasteiger partial charge in [-0.3, -0.25) is 18.6 Å². The summed E-state index contributed by atoms with van der Waals surface area (Å²) in [5, 5.41) is 18.3. The van der Waals surface area contributed by atoms with Gasteiger partial charge in [-0.25, -0.2) is 4.57 Å². The van der Waals surface area contributed by atoms with E-state index in [2.05, 4.69) is 116 Å². The molecule has 0 saturated carbocycles. The average Bonchev–Trinajstić information content (AvgIpc) is 3.20. The van der Waals surface area contributed by atoms with E-state index in [-0.39, 0.29) is 19.4 Å². The molecule has 0 aliphatic heterocycles. The molecule has 0 aromatic rings. The lowest BCUT2D eigenvalue weighted by Gasteiger charge is -2.20. The summed E-state index contributed by atoms with van der Waals surface area (Å²) in [6, 6.07) is 0. The highest BCUT2D eigenvalue weighted by atomic mass is 31.2. The lowest BCUT2D eigenvalue weighted by molar-refractivity contribution is -0.161. The Balaban J connectivity index is 4.55. The molecule has 0 rings (SSSR count). The Labute approximate surface area is 344 Å². The third kappa shape index (κ3) is 40.6. The van der Waals surface area contributed by atoms with Gasteiger partial charge in [0.05, 0.1) is 19.8 Å². The highest BCUT2D eigenvalue weighted by Crippen LogP contribution is 2.43. The number of aliphatic hydroxyl groups is 2. The smallest absolute Gasteiger partial charge is 0.462 e. The third-order valence-electron chi connectivity index (χ3n) is 7.92. The Morgan fingerprint density at radius 1 is 0.544 bits per heavy atom. The topological polar surface area (TPSA) is 149 Å². The molecule has 0 aromatic heterocycles. The molecular weight excluding hydrogens is 743 g/mol. The van der Waals surface area contributed by atoms with Gasteiger partial charge in [-0.05, 0) is 89.9 Å². The summed E-state index contributed by atoms with van der Waals surface area (Å²) in [5.74, 6) is -1.08. The summed E-state index contributed by atoms with van der Waals surface area (Å²) in [6.45, 7) is 2.07. The fraction of sp³-hybridized carbons (Fsp3) is 0.565. The van der Waals surface area contributed by atoms with Gasteiger partial charge in [0.1, 0.15) is 12.7 Å². The number of phosphoric acid groups is 1. The maximum Gasteiger partial charge on any atom is 0.472 e. The van der Waals surface area contributed by atoms with Gasteiger partial charge >= 0.3 is 19.8 Å². The molecule has 0 radical (unpaired) electrons. The lowest BCUT2D eigenvalue weighted by atomic mass is 10.1. The Morgan fingerprint density at radius 3 is 1.46 bits per heavy atom. The summed E-state index contributed by atoms with van der Waals surface area (Å²) in [7, 11) is -4.65. The SMILES string of the molecule is CC/C=C\C/C=C\C/C=C\C/C=C\C/C=C\C/C=C\CCC(=O)O[C@H](COC(=O)CCCC/C=C\C/C=C\C/C=C\CCCCC)COP(=O)(O)OC[C@@H](O)CO. The van der Waals surface area contributed by atoms with Crippen molar-refractivity contribution in [2.75, 3.05) is 26.4 Å². The molecule has 0 bridgehead atoms. The number of hydrogen-bond acceptors (Lipinski definition) is 9. The van der Waals surface area contributed by atoms with Gasteiger partial charge in [0, 0.05) is 12.8 Å². The van der Waals surface area contributed by atoms with Crippen LogP contribution in [-0.2, 0) is 32.7 Å². The number of hydrogen-bond donors (Lipinski definition) is 3. The van der Waals surface area contributed by atoms with Crippen molar-refractivity contribution >= 4 is 19.8 Å². The maximum atomic E-state index is 12.6. The molecule has 3 atom stereocenters. The van der Waals surface area contributed by atoms with Crippen molar-refractivity contribution in [1.29, 1.82) is 0 Å². The second-order valence-corrected chi connectivity index (χ2v) is 14.7. The van der Waals surface area contributed by atoms with Crippen LogP contribution in [-0.4, -0.2) is 65.7 Å². The summed E-state index contributed by atoms with van der Waals surface area (Å²) in [6.07, 6.45) is 50.7. The van der Waals surface area contributed by atoms with E-state index in [1.807, 2.05) is 12.2 Å². The third-order valence-corrected chi connectivity index (χ3v) is 8.88. The van der Waals surface area contributed by atoms with Crippen LogP contribution in [0, 0.1) is 0 Å². The Morgan fingerprint density at radius 2 is 0.982 bits per heavy atom. The lowest BCUT2D eigenvalue weighted by Crippen LogP contribution is -2.29. The van der Waals surface area contributed by atoms with Crippen LogP contribution < -0.4 is 0 Å². The molecule has 0 amide bonds. The van der Waals surface area contributed by atoms with Gasteiger partial charge in [0.15, 0.2) is 6.10 Å². The fourth-order valence-electron chi connectivity index (χ4n) is 4.73. The normalized spacial score (nSPS) is 15.0. The molecule has 0 aromatic carbocycles. The second-order valence-electron chi connectivity index (χ2n) is 13.3. The number of rotatable bonds is 37. The maximum absolute atomic E-state index is 12.6. The van der Waals surface area contributed by atoms with Gasteiger partial charge < -0.3 is 24.6 Å². The van der Waals surface area contributed by atoms with E-state index >= 15 is 0 Å². The number of carbonyl (C=O) groups is 2. The van der Waals surface area contributed by atoms with Crippen LogP contribution in [0.2, 0.25) is 0 Å². The van der Waals surface area contributed by atoms with Crippen LogP contribution in [0.4, 0.5) is 0 Å². The van der Waals surface area contributed by atoms with E-state index in [0.29, 0.717) is 12.8 Å². The first-order chi connectivity index (χ1) is 27.7. The van der Waals surface area contributed by atoms with Crippen LogP contribution in [0.25, 0.3) is 0 Å². The van der Waals surface area contributed by atoms with Crippen LogP contribution in [0.5, 0.6) is 0 Å². The van der Waals surface area contributed by atoms with E-state index in [0.717, 1.165) is 70.6 Å². The number of aliphatic hydroxyl groups excluding tert-OH is 2. The molecule has 10 nitrogen and oxygen atoms in total. The quantitative estimate of drug-likeness (QED) is 0.0239. The number of allylic oxidation sites excluding steroid dienone is 18. The predicted octanol–water partition coefficient (Wildman–Crippen LogP) is 11.0. The van der Waals surface area contributed by atoms with E-state index < -0.39 is 51.8 Å². The molecule has 0 heterocycles. The van der Waals surface area contributed by atoms with E-state index in [1.54, 1.807) is 0 Å². The molecule has 0 aliphatic rings. The van der Waals surface area contributed by atoms with E-state index in [4.69, 9.17) is 19.1 Å². The standard InChI is InChI=1S/C46H73O10P/c1-3-5-7-9-11-13-15-17-19-20-21-22-24-26-28-30-32-34-36-38-46(50)56-44(42-55-57(51,52)54-40-43(48)39-47)41-53-45(49)37-35-33-31-29-27-25-23-18-16-14-12-10-8-6-4-2/h5,7,11-14,17-19,21-23,26-29,32,34,43-44,47-48H,3-4,6,8-10,15-16,20,24-25,30-31,33,35-42H2,1-2H3,(H,51,52)/b7-5-,13-11-,14-12-,19-17-,22-21-,23-18-,28-26-,29-27-,34-32-/t43-,44+/m0/s1. The monoisotopic (exact) mass is 816 g/mol. The number of ether oxygens (including phenoxy) is 2. The number of phosphoric ester groups is 1. The molecule has 0 fully saturated rings. The van der Waals surface area contributed by atoms with E-state index in [9.17, 15) is 24.2 Å². The molecule has 0 saturated heterocycles. The molecule has 3 N–H and O–H groups in total.